The number of nitrogens with two attached hydrogens (primary N) is 1. The van der Waals surface area contributed by atoms with Gasteiger partial charge in [-0.1, -0.05) is 11.2 Å². The van der Waals surface area contributed by atoms with Crippen LogP contribution in [0.2, 0.25) is 0 Å². The lowest BCUT2D eigenvalue weighted by molar-refractivity contribution is 0.283. The molecule has 0 aliphatic carbocycles. The Hall–Kier alpha value is -2.01. The molecule has 2 aromatic rings. The van der Waals surface area contributed by atoms with Crippen molar-refractivity contribution >= 4 is 0 Å². The number of aryl methyl sites for hydroxylation is 1. The maximum Gasteiger partial charge on any atom is 0.134 e. The van der Waals surface area contributed by atoms with Gasteiger partial charge in [0.25, 0.3) is 0 Å². The van der Waals surface area contributed by atoms with Crippen molar-refractivity contribution in [2.45, 2.75) is 32.9 Å². The second-order valence-electron chi connectivity index (χ2n) is 4.87. The molecule has 20 heavy (non-hydrogen) atoms. The van der Waals surface area contributed by atoms with Crippen LogP contribution in [0, 0.1) is 6.92 Å². The van der Waals surface area contributed by atoms with E-state index in [0.717, 1.165) is 34.9 Å². The SMILES string of the molecule is COc1ccc(CC(C)N)c(OCc2cc(C)on2)c1. The molecule has 1 aromatic heterocycles. The summed E-state index contributed by atoms with van der Waals surface area (Å²) in [7, 11) is 1.63. The van der Waals surface area contributed by atoms with E-state index in [2.05, 4.69) is 5.16 Å². The molecular weight excluding hydrogens is 256 g/mol. The zero-order valence-electron chi connectivity index (χ0n) is 12.1. The fourth-order valence-corrected chi connectivity index (χ4v) is 1.95. The molecule has 0 amide bonds. The Morgan fingerprint density at radius 2 is 2.15 bits per heavy atom. The number of benzene rings is 1. The van der Waals surface area contributed by atoms with E-state index < -0.39 is 0 Å². The van der Waals surface area contributed by atoms with Gasteiger partial charge in [0.15, 0.2) is 0 Å². The van der Waals surface area contributed by atoms with Gasteiger partial charge in [-0.2, -0.15) is 0 Å². The molecule has 0 aliphatic heterocycles. The molecule has 1 atom stereocenters. The van der Waals surface area contributed by atoms with Crippen LogP contribution in [0.15, 0.2) is 28.8 Å². The van der Waals surface area contributed by atoms with Crippen LogP contribution >= 0.6 is 0 Å². The van der Waals surface area contributed by atoms with Crippen LogP contribution in [0.1, 0.15) is 23.9 Å². The topological polar surface area (TPSA) is 70.5 Å². The second-order valence-corrected chi connectivity index (χ2v) is 4.87. The average molecular weight is 276 g/mol. The molecule has 0 aliphatic rings. The molecule has 1 heterocycles. The van der Waals surface area contributed by atoms with E-state index in [1.165, 1.54) is 0 Å². The molecule has 0 radical (unpaired) electrons. The zero-order chi connectivity index (χ0) is 14.5. The minimum atomic E-state index is 0.0695. The van der Waals surface area contributed by atoms with Crippen LogP contribution < -0.4 is 15.2 Å². The Kier molecular flexibility index (Phi) is 4.63. The lowest BCUT2D eigenvalue weighted by Crippen LogP contribution is -2.18. The van der Waals surface area contributed by atoms with Gasteiger partial charge in [0.2, 0.25) is 0 Å². The summed E-state index contributed by atoms with van der Waals surface area (Å²) in [5, 5.41) is 3.91. The number of rotatable bonds is 6. The van der Waals surface area contributed by atoms with Crippen molar-refractivity contribution in [1.82, 2.24) is 5.16 Å². The Balaban J connectivity index is 2.14. The predicted molar refractivity (Wildman–Crippen MR) is 75.9 cm³/mol. The first-order chi connectivity index (χ1) is 9.58. The molecule has 2 N–H and O–H groups in total. The van der Waals surface area contributed by atoms with Crippen LogP contribution in [0.25, 0.3) is 0 Å². The third-order valence-corrected chi connectivity index (χ3v) is 2.87. The summed E-state index contributed by atoms with van der Waals surface area (Å²) in [4.78, 5) is 0. The number of ether oxygens (including phenoxy) is 2. The number of nitrogens with zero attached hydrogens (tertiary/aromatic N) is 1. The monoisotopic (exact) mass is 276 g/mol. The van der Waals surface area contributed by atoms with Gasteiger partial charge >= 0.3 is 0 Å². The summed E-state index contributed by atoms with van der Waals surface area (Å²) < 4.78 is 16.1. The highest BCUT2D eigenvalue weighted by molar-refractivity contribution is 5.41. The quantitative estimate of drug-likeness (QED) is 0.877. The highest BCUT2D eigenvalue weighted by Crippen LogP contribution is 2.26. The minimum Gasteiger partial charge on any atom is -0.497 e. The first kappa shape index (κ1) is 14.4. The summed E-state index contributed by atoms with van der Waals surface area (Å²) in [5.74, 6) is 2.29. The van der Waals surface area contributed by atoms with Gasteiger partial charge in [0, 0.05) is 18.2 Å². The van der Waals surface area contributed by atoms with Gasteiger partial charge in [0.1, 0.15) is 29.6 Å². The molecule has 5 nitrogen and oxygen atoms in total. The molecule has 1 unspecified atom stereocenters. The fraction of sp³-hybridized carbons (Fsp3) is 0.400. The van der Waals surface area contributed by atoms with Gasteiger partial charge in [-0.05, 0) is 31.9 Å². The highest BCUT2D eigenvalue weighted by atomic mass is 16.5. The summed E-state index contributed by atoms with van der Waals surface area (Å²) in [6, 6.07) is 7.67. The van der Waals surface area contributed by atoms with Crippen molar-refractivity contribution in [3.8, 4) is 11.5 Å². The van der Waals surface area contributed by atoms with E-state index in [1.54, 1.807) is 7.11 Å². The van der Waals surface area contributed by atoms with Gasteiger partial charge in [-0.3, -0.25) is 0 Å². The third kappa shape index (κ3) is 3.74. The van der Waals surface area contributed by atoms with E-state index >= 15 is 0 Å². The first-order valence-electron chi connectivity index (χ1n) is 6.56. The number of methoxy groups -OCH3 is 1. The Morgan fingerprint density at radius 1 is 1.35 bits per heavy atom. The predicted octanol–water partition coefficient (Wildman–Crippen LogP) is 2.46. The maximum atomic E-state index is 5.86. The van der Waals surface area contributed by atoms with Crippen LogP contribution in [0.5, 0.6) is 11.5 Å². The summed E-state index contributed by atoms with van der Waals surface area (Å²) >= 11 is 0. The third-order valence-electron chi connectivity index (χ3n) is 2.87. The van der Waals surface area contributed by atoms with Crippen molar-refractivity contribution in [2.24, 2.45) is 5.73 Å². The smallest absolute Gasteiger partial charge is 0.134 e. The van der Waals surface area contributed by atoms with Crippen LogP contribution in [-0.2, 0) is 13.0 Å². The zero-order valence-corrected chi connectivity index (χ0v) is 12.1. The highest BCUT2D eigenvalue weighted by Gasteiger charge is 2.09. The molecule has 0 saturated carbocycles. The molecule has 0 bridgehead atoms. The molecule has 1 aromatic carbocycles. The van der Waals surface area contributed by atoms with E-state index in [9.17, 15) is 0 Å². The van der Waals surface area contributed by atoms with Gasteiger partial charge in [0.05, 0.1) is 7.11 Å². The lowest BCUT2D eigenvalue weighted by atomic mass is 10.1. The molecule has 5 heteroatoms. The number of hydrogen-bond acceptors (Lipinski definition) is 5. The lowest BCUT2D eigenvalue weighted by Gasteiger charge is -2.13. The second kappa shape index (κ2) is 6.43. The minimum absolute atomic E-state index is 0.0695. The largest absolute Gasteiger partial charge is 0.497 e. The molecule has 0 spiro atoms. The standard InChI is InChI=1S/C15H20N2O3/c1-10(16)6-12-4-5-14(18-3)8-15(12)19-9-13-7-11(2)20-17-13/h4-5,7-8,10H,6,9,16H2,1-3H3. The normalized spacial score (nSPS) is 12.2. The van der Waals surface area contributed by atoms with E-state index in [1.807, 2.05) is 38.1 Å². The van der Waals surface area contributed by atoms with Gasteiger partial charge in [-0.25, -0.2) is 0 Å². The molecule has 108 valence electrons. The van der Waals surface area contributed by atoms with Crippen LogP contribution in [0.3, 0.4) is 0 Å². The van der Waals surface area contributed by atoms with Crippen molar-refractivity contribution in [1.29, 1.82) is 0 Å². The number of hydrogen-bond donors (Lipinski definition) is 1. The van der Waals surface area contributed by atoms with Crippen molar-refractivity contribution in [3.63, 3.8) is 0 Å². The number of aromatic nitrogens is 1. The van der Waals surface area contributed by atoms with E-state index in [0.29, 0.717) is 6.61 Å². The fourth-order valence-electron chi connectivity index (χ4n) is 1.95. The summed E-state index contributed by atoms with van der Waals surface area (Å²) in [6.07, 6.45) is 0.747. The Bertz CT molecular complexity index is 564. The molecule has 0 saturated heterocycles. The molecule has 0 fully saturated rings. The molecule has 2 rings (SSSR count). The van der Waals surface area contributed by atoms with Crippen molar-refractivity contribution in [3.05, 3.63) is 41.3 Å². The Labute approximate surface area is 118 Å². The van der Waals surface area contributed by atoms with E-state index in [4.69, 9.17) is 19.7 Å². The summed E-state index contributed by atoms with van der Waals surface area (Å²) in [6.45, 7) is 4.18. The van der Waals surface area contributed by atoms with Crippen LogP contribution in [-0.4, -0.2) is 18.3 Å². The average Bonchev–Trinajstić information content (AvgIpc) is 2.83. The maximum absolute atomic E-state index is 5.86. The van der Waals surface area contributed by atoms with E-state index in [-0.39, 0.29) is 6.04 Å². The summed E-state index contributed by atoms with van der Waals surface area (Å²) in [5.41, 5.74) is 7.68. The van der Waals surface area contributed by atoms with Crippen molar-refractivity contribution in [2.75, 3.05) is 7.11 Å². The van der Waals surface area contributed by atoms with Gasteiger partial charge in [-0.15, -0.1) is 0 Å². The first-order valence-corrected chi connectivity index (χ1v) is 6.56. The van der Waals surface area contributed by atoms with Gasteiger partial charge < -0.3 is 19.7 Å². The van der Waals surface area contributed by atoms with Crippen LogP contribution in [0.4, 0.5) is 0 Å². The molecular formula is C15H20N2O3. The van der Waals surface area contributed by atoms with Crippen molar-refractivity contribution < 1.29 is 14.0 Å². The Morgan fingerprint density at radius 3 is 2.75 bits per heavy atom.